The summed E-state index contributed by atoms with van der Waals surface area (Å²) in [5.41, 5.74) is -1.46. The Bertz CT molecular complexity index is 550. The molecule has 0 aliphatic heterocycles. The van der Waals surface area contributed by atoms with Crippen molar-refractivity contribution in [2.75, 3.05) is 23.0 Å². The van der Waals surface area contributed by atoms with Crippen molar-refractivity contribution in [2.45, 2.75) is 64.8 Å². The van der Waals surface area contributed by atoms with E-state index in [0.29, 0.717) is 11.5 Å². The molecule has 0 spiro atoms. The number of carbonyl (C=O) groups excluding carboxylic acids is 2. The van der Waals surface area contributed by atoms with Crippen LogP contribution in [0.25, 0.3) is 0 Å². The van der Waals surface area contributed by atoms with Crippen LogP contribution < -0.4 is 10.6 Å². The van der Waals surface area contributed by atoms with E-state index in [0.717, 1.165) is 0 Å². The summed E-state index contributed by atoms with van der Waals surface area (Å²) in [6.45, 7) is 10.1. The zero-order valence-corrected chi connectivity index (χ0v) is 19.8. The monoisotopic (exact) mass is 468 g/mol. The number of hydrogen-bond acceptors (Lipinski definition) is 8. The van der Waals surface area contributed by atoms with Gasteiger partial charge in [-0.25, -0.2) is 19.2 Å². The van der Waals surface area contributed by atoms with Crippen LogP contribution in [0.5, 0.6) is 0 Å². The molecule has 30 heavy (non-hydrogen) atoms. The maximum Gasteiger partial charge on any atom is 0.408 e. The lowest BCUT2D eigenvalue weighted by atomic mass is 10.2. The van der Waals surface area contributed by atoms with Gasteiger partial charge in [0.15, 0.2) is 0 Å². The number of carboxylic acid groups (broad SMARTS) is 2. The Hall–Kier alpha value is -1.82. The normalized spacial score (nSPS) is 13.7. The second-order valence-electron chi connectivity index (χ2n) is 8.22. The third kappa shape index (κ3) is 15.1. The highest BCUT2D eigenvalue weighted by Gasteiger charge is 2.25. The summed E-state index contributed by atoms with van der Waals surface area (Å²) in [6.07, 6.45) is -1.61. The topological polar surface area (TPSA) is 151 Å². The molecular weight excluding hydrogens is 436 g/mol. The van der Waals surface area contributed by atoms with E-state index in [2.05, 4.69) is 10.6 Å². The molecule has 2 atom stereocenters. The highest BCUT2D eigenvalue weighted by molar-refractivity contribution is 8.03. The van der Waals surface area contributed by atoms with Crippen LogP contribution in [0.2, 0.25) is 0 Å². The maximum absolute atomic E-state index is 11.7. The van der Waals surface area contributed by atoms with E-state index in [4.69, 9.17) is 9.47 Å². The van der Waals surface area contributed by atoms with Crippen LogP contribution in [0.1, 0.15) is 41.5 Å². The number of nitrogens with one attached hydrogen (secondary N) is 2. The number of ether oxygens (including phenoxy) is 2. The third-order valence-corrected chi connectivity index (χ3v) is 5.30. The minimum absolute atomic E-state index is 0.133. The molecular formula is C18H32N2O8S2. The Morgan fingerprint density at radius 2 is 1.03 bits per heavy atom. The lowest BCUT2D eigenvalue weighted by Gasteiger charge is -2.22. The van der Waals surface area contributed by atoms with Gasteiger partial charge in [0.2, 0.25) is 0 Å². The summed E-state index contributed by atoms with van der Waals surface area (Å²) in [6, 6.07) is -2.20. The van der Waals surface area contributed by atoms with Crippen molar-refractivity contribution < 1.29 is 38.9 Å². The van der Waals surface area contributed by atoms with Crippen molar-refractivity contribution in [3.05, 3.63) is 0 Å². The number of rotatable bonds is 11. The van der Waals surface area contributed by atoms with E-state index >= 15 is 0 Å². The van der Waals surface area contributed by atoms with Crippen molar-refractivity contribution in [3.63, 3.8) is 0 Å². The lowest BCUT2D eigenvalue weighted by molar-refractivity contribution is -0.139. The van der Waals surface area contributed by atoms with Crippen molar-refractivity contribution in [1.82, 2.24) is 10.6 Å². The van der Waals surface area contributed by atoms with E-state index in [-0.39, 0.29) is 11.5 Å². The van der Waals surface area contributed by atoms with Gasteiger partial charge >= 0.3 is 24.1 Å². The van der Waals surface area contributed by atoms with Crippen LogP contribution in [0, 0.1) is 0 Å². The highest BCUT2D eigenvalue weighted by atomic mass is 32.2. The molecule has 0 saturated heterocycles. The van der Waals surface area contributed by atoms with Gasteiger partial charge in [-0.2, -0.15) is 23.5 Å². The quantitative estimate of drug-likeness (QED) is 0.333. The van der Waals surface area contributed by atoms with Crippen molar-refractivity contribution >= 4 is 47.6 Å². The fourth-order valence-electron chi connectivity index (χ4n) is 1.77. The van der Waals surface area contributed by atoms with E-state index in [1.165, 1.54) is 23.5 Å². The molecule has 174 valence electrons. The van der Waals surface area contributed by atoms with Crippen LogP contribution >= 0.6 is 23.5 Å². The number of carbonyl (C=O) groups is 4. The zero-order valence-electron chi connectivity index (χ0n) is 18.1. The van der Waals surface area contributed by atoms with Gasteiger partial charge in [0.25, 0.3) is 0 Å². The Morgan fingerprint density at radius 1 is 0.733 bits per heavy atom. The largest absolute Gasteiger partial charge is 0.480 e. The molecule has 0 saturated carbocycles. The Labute approximate surface area is 185 Å². The van der Waals surface area contributed by atoms with Gasteiger partial charge in [-0.05, 0) is 41.5 Å². The van der Waals surface area contributed by atoms with Gasteiger partial charge in [0.05, 0.1) is 0 Å². The molecule has 4 N–H and O–H groups in total. The van der Waals surface area contributed by atoms with Gasteiger partial charge in [0, 0.05) is 23.0 Å². The molecule has 0 aliphatic rings. The van der Waals surface area contributed by atoms with Crippen LogP contribution in [0.15, 0.2) is 0 Å². The lowest BCUT2D eigenvalue weighted by Crippen LogP contribution is -2.45. The van der Waals surface area contributed by atoms with E-state index in [1.807, 2.05) is 0 Å². The zero-order chi connectivity index (χ0) is 23.5. The van der Waals surface area contributed by atoms with Crippen LogP contribution in [-0.2, 0) is 19.1 Å². The molecule has 0 aromatic heterocycles. The summed E-state index contributed by atoms with van der Waals surface area (Å²) < 4.78 is 10.1. The molecule has 0 aliphatic carbocycles. The Kier molecular flexibility index (Phi) is 12.0. The molecule has 0 unspecified atom stereocenters. The molecule has 0 fully saturated rings. The first-order valence-corrected chi connectivity index (χ1v) is 11.5. The van der Waals surface area contributed by atoms with Gasteiger partial charge in [-0.3, -0.25) is 0 Å². The predicted molar refractivity (Wildman–Crippen MR) is 116 cm³/mol. The van der Waals surface area contributed by atoms with Crippen molar-refractivity contribution in [2.24, 2.45) is 0 Å². The standard InChI is InChI=1S/C18H32N2O8S2/c1-17(2,3)27-15(25)19-11(13(21)22)9-29-7-8-30-10-12(14(23)24)20-16(26)28-18(4,5)6/h11-12H,7-10H2,1-6H3,(H,19,25)(H,20,26)(H,21,22)(H,23,24)/t11-,12-/m0/s1. The number of hydrogen-bond donors (Lipinski definition) is 4. The van der Waals surface area contributed by atoms with Crippen LogP contribution in [0.4, 0.5) is 9.59 Å². The third-order valence-electron chi connectivity index (χ3n) is 2.92. The van der Waals surface area contributed by atoms with Gasteiger partial charge in [-0.1, -0.05) is 0 Å². The van der Waals surface area contributed by atoms with E-state index < -0.39 is 47.4 Å². The molecule has 0 bridgehead atoms. The Balaban J connectivity index is 4.28. The summed E-state index contributed by atoms with van der Waals surface area (Å²) in [5.74, 6) is -1.02. The molecule has 0 aromatic rings. The maximum atomic E-state index is 11.7. The second kappa shape index (κ2) is 12.8. The fraction of sp³-hybridized carbons (Fsp3) is 0.778. The van der Waals surface area contributed by atoms with E-state index in [1.54, 1.807) is 41.5 Å². The SMILES string of the molecule is CC(C)(C)OC(=O)N[C@@H](CSCCSC[C@H](NC(=O)OC(C)(C)C)C(=O)O)C(=O)O. The summed E-state index contributed by atoms with van der Waals surface area (Å²) in [7, 11) is 0. The summed E-state index contributed by atoms with van der Waals surface area (Å²) >= 11 is 2.60. The molecule has 10 nitrogen and oxygen atoms in total. The number of thioether (sulfide) groups is 2. The van der Waals surface area contributed by atoms with E-state index in [9.17, 15) is 29.4 Å². The van der Waals surface area contributed by atoms with Crippen molar-refractivity contribution in [1.29, 1.82) is 0 Å². The number of amides is 2. The minimum Gasteiger partial charge on any atom is -0.480 e. The average molecular weight is 469 g/mol. The van der Waals surface area contributed by atoms with Crippen LogP contribution in [-0.4, -0.2) is 80.6 Å². The first-order chi connectivity index (χ1) is 13.6. The fourth-order valence-corrected chi connectivity index (χ4v) is 3.97. The van der Waals surface area contributed by atoms with Crippen molar-refractivity contribution in [3.8, 4) is 0 Å². The molecule has 0 radical (unpaired) electrons. The number of alkyl carbamates (subject to hydrolysis) is 2. The summed E-state index contributed by atoms with van der Waals surface area (Å²) in [5, 5.41) is 23.1. The smallest absolute Gasteiger partial charge is 0.408 e. The van der Waals surface area contributed by atoms with Gasteiger partial charge < -0.3 is 30.3 Å². The molecule has 0 heterocycles. The van der Waals surface area contributed by atoms with Crippen LogP contribution in [0.3, 0.4) is 0 Å². The molecule has 2 amide bonds. The molecule has 0 aromatic carbocycles. The highest BCUT2D eigenvalue weighted by Crippen LogP contribution is 2.12. The molecule has 12 heteroatoms. The minimum atomic E-state index is -1.17. The molecule has 0 rings (SSSR count). The number of aliphatic carboxylic acids is 2. The van der Waals surface area contributed by atoms with Gasteiger partial charge in [-0.15, -0.1) is 0 Å². The second-order valence-corrected chi connectivity index (χ2v) is 10.5. The Morgan fingerprint density at radius 3 is 1.27 bits per heavy atom. The van der Waals surface area contributed by atoms with Gasteiger partial charge in [0.1, 0.15) is 23.3 Å². The average Bonchev–Trinajstić information content (AvgIpc) is 2.51. The predicted octanol–water partition coefficient (Wildman–Crippen LogP) is 2.41. The summed E-state index contributed by atoms with van der Waals surface area (Å²) in [4.78, 5) is 46.0. The first kappa shape index (κ1) is 28.2. The first-order valence-electron chi connectivity index (χ1n) is 9.21. The number of carboxylic acids is 2.